The van der Waals surface area contributed by atoms with Gasteiger partial charge in [-0.3, -0.25) is 4.98 Å². The second-order valence-electron chi connectivity index (χ2n) is 5.20. The summed E-state index contributed by atoms with van der Waals surface area (Å²) in [4.78, 5) is 4.56. The fraction of sp³-hybridized carbons (Fsp3) is 0.562. The molecule has 1 aliphatic rings. The Kier molecular flexibility index (Phi) is 5.71. The molecule has 0 spiro atoms. The minimum absolute atomic E-state index is 0.597. The molecule has 19 heavy (non-hydrogen) atoms. The van der Waals surface area contributed by atoms with Crippen LogP contribution in [0.4, 0.5) is 0 Å². The van der Waals surface area contributed by atoms with Crippen molar-refractivity contribution in [2.24, 2.45) is 5.92 Å². The highest BCUT2D eigenvalue weighted by Crippen LogP contribution is 2.35. The van der Waals surface area contributed by atoms with Crippen molar-refractivity contribution >= 4 is 11.6 Å². The SMILES string of the molecule is CCCOc1ccc(C2CCC(/C=C/Cl)CC2)nc1. The Bertz CT molecular complexity index is 394. The summed E-state index contributed by atoms with van der Waals surface area (Å²) in [5.41, 5.74) is 2.86. The van der Waals surface area contributed by atoms with Crippen molar-refractivity contribution < 1.29 is 4.74 Å². The molecule has 0 bridgehead atoms. The molecule has 3 heteroatoms. The molecule has 1 aromatic rings. The standard InChI is InChI=1S/C16H22ClNO/c1-2-11-19-15-7-8-16(18-12-15)14-5-3-13(4-6-14)9-10-17/h7-10,12-14H,2-6,11H2,1H3/b10-9+. The fourth-order valence-electron chi connectivity index (χ4n) is 2.65. The molecule has 0 N–H and O–H groups in total. The normalized spacial score (nSPS) is 23.7. The van der Waals surface area contributed by atoms with E-state index in [2.05, 4.69) is 24.1 Å². The molecule has 0 aromatic carbocycles. The predicted molar refractivity (Wildman–Crippen MR) is 79.7 cm³/mol. The Morgan fingerprint density at radius 3 is 2.68 bits per heavy atom. The number of aromatic nitrogens is 1. The van der Waals surface area contributed by atoms with E-state index in [1.165, 1.54) is 31.4 Å². The van der Waals surface area contributed by atoms with Crippen molar-refractivity contribution in [3.05, 3.63) is 35.6 Å². The van der Waals surface area contributed by atoms with Gasteiger partial charge in [0.05, 0.1) is 12.8 Å². The van der Waals surface area contributed by atoms with Crippen LogP contribution in [0.25, 0.3) is 0 Å². The summed E-state index contributed by atoms with van der Waals surface area (Å²) in [6.45, 7) is 2.87. The van der Waals surface area contributed by atoms with E-state index in [4.69, 9.17) is 16.3 Å². The van der Waals surface area contributed by atoms with Crippen LogP contribution in [-0.2, 0) is 0 Å². The summed E-state index contributed by atoms with van der Waals surface area (Å²) >= 11 is 5.64. The summed E-state index contributed by atoms with van der Waals surface area (Å²) in [7, 11) is 0. The molecule has 0 radical (unpaired) electrons. The molecule has 2 nitrogen and oxygen atoms in total. The predicted octanol–water partition coefficient (Wildman–Crippen LogP) is 4.90. The van der Waals surface area contributed by atoms with Gasteiger partial charge in [0.2, 0.25) is 0 Å². The average Bonchev–Trinajstić information content (AvgIpc) is 2.47. The highest BCUT2D eigenvalue weighted by atomic mass is 35.5. The highest BCUT2D eigenvalue weighted by molar-refractivity contribution is 6.25. The van der Waals surface area contributed by atoms with Crippen LogP contribution in [-0.4, -0.2) is 11.6 Å². The van der Waals surface area contributed by atoms with Crippen LogP contribution in [0.1, 0.15) is 50.6 Å². The summed E-state index contributed by atoms with van der Waals surface area (Å²) in [5.74, 6) is 2.13. The van der Waals surface area contributed by atoms with E-state index in [-0.39, 0.29) is 0 Å². The number of pyridine rings is 1. The lowest BCUT2D eigenvalue weighted by Crippen LogP contribution is -2.12. The highest BCUT2D eigenvalue weighted by Gasteiger charge is 2.21. The number of ether oxygens (including phenoxy) is 1. The van der Waals surface area contributed by atoms with Crippen LogP contribution in [0.5, 0.6) is 5.75 Å². The second kappa shape index (κ2) is 7.54. The van der Waals surface area contributed by atoms with Crippen molar-refractivity contribution in [2.45, 2.75) is 44.9 Å². The van der Waals surface area contributed by atoms with Gasteiger partial charge in [-0.05, 0) is 50.2 Å². The third kappa shape index (κ3) is 4.24. The molecule has 1 heterocycles. The molecule has 1 fully saturated rings. The van der Waals surface area contributed by atoms with Crippen molar-refractivity contribution in [2.75, 3.05) is 6.61 Å². The van der Waals surface area contributed by atoms with Gasteiger partial charge in [-0.15, -0.1) is 0 Å². The van der Waals surface area contributed by atoms with Gasteiger partial charge in [-0.2, -0.15) is 0 Å². The van der Waals surface area contributed by atoms with Gasteiger partial charge >= 0.3 is 0 Å². The fourth-order valence-corrected chi connectivity index (χ4v) is 2.85. The summed E-state index contributed by atoms with van der Waals surface area (Å²) in [5, 5.41) is 0. The number of hydrogen-bond acceptors (Lipinski definition) is 2. The zero-order valence-electron chi connectivity index (χ0n) is 11.5. The van der Waals surface area contributed by atoms with Crippen molar-refractivity contribution in [3.63, 3.8) is 0 Å². The van der Waals surface area contributed by atoms with Crippen molar-refractivity contribution in [1.82, 2.24) is 4.98 Å². The Labute approximate surface area is 120 Å². The first kappa shape index (κ1) is 14.4. The van der Waals surface area contributed by atoms with Crippen molar-refractivity contribution in [3.8, 4) is 5.75 Å². The molecule has 0 atom stereocenters. The molecule has 0 saturated heterocycles. The van der Waals surface area contributed by atoms with E-state index in [0.717, 1.165) is 18.8 Å². The number of rotatable bonds is 5. The van der Waals surface area contributed by atoms with E-state index in [0.29, 0.717) is 11.8 Å². The molecule has 1 aliphatic carbocycles. The maximum atomic E-state index is 5.64. The smallest absolute Gasteiger partial charge is 0.137 e. The second-order valence-corrected chi connectivity index (χ2v) is 5.45. The van der Waals surface area contributed by atoms with Crippen LogP contribution in [0.2, 0.25) is 0 Å². The van der Waals surface area contributed by atoms with Gasteiger partial charge in [0, 0.05) is 17.1 Å². The van der Waals surface area contributed by atoms with Crippen LogP contribution in [0, 0.1) is 5.92 Å². The Morgan fingerprint density at radius 1 is 1.32 bits per heavy atom. The third-order valence-electron chi connectivity index (χ3n) is 3.77. The van der Waals surface area contributed by atoms with Crippen molar-refractivity contribution in [1.29, 1.82) is 0 Å². The summed E-state index contributed by atoms with van der Waals surface area (Å²) in [6, 6.07) is 4.16. The van der Waals surface area contributed by atoms with Gasteiger partial charge in [0.15, 0.2) is 0 Å². The van der Waals surface area contributed by atoms with Gasteiger partial charge in [0.1, 0.15) is 5.75 Å². The van der Waals surface area contributed by atoms with Crippen LogP contribution < -0.4 is 4.74 Å². The molecule has 1 aromatic heterocycles. The molecule has 1 saturated carbocycles. The Balaban J connectivity index is 1.89. The van der Waals surface area contributed by atoms with Crippen LogP contribution in [0.15, 0.2) is 29.9 Å². The molecule has 0 amide bonds. The minimum atomic E-state index is 0.597. The van der Waals surface area contributed by atoms with E-state index in [1.54, 1.807) is 5.54 Å². The molecular weight excluding hydrogens is 258 g/mol. The zero-order chi connectivity index (χ0) is 13.5. The number of halogens is 1. The van der Waals surface area contributed by atoms with Gasteiger partial charge in [-0.25, -0.2) is 0 Å². The lowest BCUT2D eigenvalue weighted by Gasteiger charge is -2.26. The third-order valence-corrected chi connectivity index (χ3v) is 3.91. The van der Waals surface area contributed by atoms with Gasteiger partial charge in [0.25, 0.3) is 0 Å². The molecular formula is C16H22ClNO. The zero-order valence-corrected chi connectivity index (χ0v) is 12.3. The molecule has 0 unspecified atom stereocenters. The van der Waals surface area contributed by atoms with Crippen LogP contribution >= 0.6 is 11.6 Å². The van der Waals surface area contributed by atoms with Gasteiger partial charge in [-0.1, -0.05) is 24.6 Å². The first-order chi connectivity index (χ1) is 9.33. The molecule has 2 rings (SSSR count). The maximum Gasteiger partial charge on any atom is 0.137 e. The summed E-state index contributed by atoms with van der Waals surface area (Å²) < 4.78 is 5.56. The molecule has 104 valence electrons. The number of hydrogen-bond donors (Lipinski definition) is 0. The van der Waals surface area contributed by atoms with E-state index in [1.807, 2.05) is 12.3 Å². The van der Waals surface area contributed by atoms with Gasteiger partial charge < -0.3 is 4.74 Å². The summed E-state index contributed by atoms with van der Waals surface area (Å²) in [6.07, 6.45) is 9.83. The Morgan fingerprint density at radius 2 is 2.11 bits per heavy atom. The topological polar surface area (TPSA) is 22.1 Å². The average molecular weight is 280 g/mol. The van der Waals surface area contributed by atoms with Crippen LogP contribution in [0.3, 0.4) is 0 Å². The number of allylic oxidation sites excluding steroid dienone is 1. The number of nitrogens with zero attached hydrogens (tertiary/aromatic N) is 1. The Hall–Kier alpha value is -1.02. The lowest BCUT2D eigenvalue weighted by atomic mass is 9.80. The maximum absolute atomic E-state index is 5.64. The monoisotopic (exact) mass is 279 g/mol. The van der Waals surface area contributed by atoms with E-state index < -0.39 is 0 Å². The lowest BCUT2D eigenvalue weighted by molar-refractivity contribution is 0.315. The van der Waals surface area contributed by atoms with E-state index in [9.17, 15) is 0 Å². The van der Waals surface area contributed by atoms with E-state index >= 15 is 0 Å². The quantitative estimate of drug-likeness (QED) is 0.765. The first-order valence-electron chi connectivity index (χ1n) is 7.19. The molecule has 0 aliphatic heterocycles. The first-order valence-corrected chi connectivity index (χ1v) is 7.62. The minimum Gasteiger partial charge on any atom is -0.492 e. The largest absolute Gasteiger partial charge is 0.492 e.